The molecule has 1 aliphatic rings. The number of aliphatic imine (C=N–C) groups is 1. The summed E-state index contributed by atoms with van der Waals surface area (Å²) in [6.45, 7) is 5.18. The van der Waals surface area contributed by atoms with Crippen molar-refractivity contribution in [3.63, 3.8) is 0 Å². The second-order valence-electron chi connectivity index (χ2n) is 7.55. The zero-order chi connectivity index (χ0) is 19.8. The lowest BCUT2D eigenvalue weighted by Gasteiger charge is -2.38. The van der Waals surface area contributed by atoms with E-state index in [2.05, 4.69) is 57.8 Å². The van der Waals surface area contributed by atoms with Crippen LogP contribution in [-0.2, 0) is 13.0 Å². The summed E-state index contributed by atoms with van der Waals surface area (Å²) in [6, 6.07) is 18.3. The topological polar surface area (TPSA) is 39.7 Å². The van der Waals surface area contributed by atoms with E-state index in [9.17, 15) is 4.39 Å². The molecule has 158 valence electrons. The molecule has 2 N–H and O–H groups in total. The SMILES string of the molecule is CN=C(NCCc1ccc(F)cc1)NC1CCN(Cc2ccccc2)C(C)C1.I. The minimum atomic E-state index is -0.193. The molecule has 4 nitrogen and oxygen atoms in total. The molecule has 0 bridgehead atoms. The number of halogens is 2. The first kappa shape index (κ1) is 23.6. The fourth-order valence-corrected chi connectivity index (χ4v) is 3.77. The molecule has 1 heterocycles. The molecule has 29 heavy (non-hydrogen) atoms. The lowest BCUT2D eigenvalue weighted by molar-refractivity contribution is 0.134. The van der Waals surface area contributed by atoms with Crippen LogP contribution in [-0.4, -0.2) is 43.1 Å². The van der Waals surface area contributed by atoms with Crippen LogP contribution in [0.15, 0.2) is 59.6 Å². The number of hydrogen-bond acceptors (Lipinski definition) is 2. The van der Waals surface area contributed by atoms with Crippen LogP contribution in [0.2, 0.25) is 0 Å². The van der Waals surface area contributed by atoms with E-state index in [1.54, 1.807) is 7.05 Å². The van der Waals surface area contributed by atoms with E-state index < -0.39 is 0 Å². The highest BCUT2D eigenvalue weighted by Crippen LogP contribution is 2.19. The van der Waals surface area contributed by atoms with Gasteiger partial charge in [-0.3, -0.25) is 9.89 Å². The summed E-state index contributed by atoms with van der Waals surface area (Å²) in [5.41, 5.74) is 2.49. The van der Waals surface area contributed by atoms with Gasteiger partial charge in [0.25, 0.3) is 0 Å². The molecule has 0 amide bonds. The van der Waals surface area contributed by atoms with Crippen LogP contribution in [0, 0.1) is 5.82 Å². The molecule has 2 atom stereocenters. The molecule has 3 rings (SSSR count). The number of hydrogen-bond donors (Lipinski definition) is 2. The summed E-state index contributed by atoms with van der Waals surface area (Å²) < 4.78 is 13.0. The van der Waals surface area contributed by atoms with Crippen molar-refractivity contribution in [2.24, 2.45) is 4.99 Å². The molecule has 0 aliphatic carbocycles. The van der Waals surface area contributed by atoms with Gasteiger partial charge in [-0.1, -0.05) is 42.5 Å². The van der Waals surface area contributed by atoms with Crippen LogP contribution in [0.25, 0.3) is 0 Å². The normalized spacial score (nSPS) is 20.0. The summed E-state index contributed by atoms with van der Waals surface area (Å²) in [5, 5.41) is 6.95. The zero-order valence-corrected chi connectivity index (χ0v) is 19.6. The molecule has 2 unspecified atom stereocenters. The van der Waals surface area contributed by atoms with Crippen LogP contribution in [0.3, 0.4) is 0 Å². The van der Waals surface area contributed by atoms with Gasteiger partial charge in [0.05, 0.1) is 0 Å². The average molecular weight is 510 g/mol. The zero-order valence-electron chi connectivity index (χ0n) is 17.3. The number of nitrogens with one attached hydrogen (secondary N) is 2. The van der Waals surface area contributed by atoms with Crippen molar-refractivity contribution in [1.29, 1.82) is 0 Å². The van der Waals surface area contributed by atoms with Crippen molar-refractivity contribution < 1.29 is 4.39 Å². The maximum absolute atomic E-state index is 13.0. The third kappa shape index (κ3) is 7.59. The lowest BCUT2D eigenvalue weighted by Crippen LogP contribution is -2.51. The van der Waals surface area contributed by atoms with Gasteiger partial charge < -0.3 is 10.6 Å². The second-order valence-corrected chi connectivity index (χ2v) is 7.55. The molecule has 0 saturated carbocycles. The largest absolute Gasteiger partial charge is 0.356 e. The fourth-order valence-electron chi connectivity index (χ4n) is 3.77. The maximum Gasteiger partial charge on any atom is 0.191 e. The molecular formula is C23H32FIN4. The van der Waals surface area contributed by atoms with Gasteiger partial charge in [0, 0.05) is 38.8 Å². The van der Waals surface area contributed by atoms with E-state index >= 15 is 0 Å². The monoisotopic (exact) mass is 510 g/mol. The van der Waals surface area contributed by atoms with E-state index in [0.29, 0.717) is 12.1 Å². The Labute approximate surface area is 191 Å². The van der Waals surface area contributed by atoms with Crippen LogP contribution in [0.1, 0.15) is 30.9 Å². The van der Waals surface area contributed by atoms with Gasteiger partial charge in [-0.15, -0.1) is 24.0 Å². The minimum Gasteiger partial charge on any atom is -0.356 e. The van der Waals surface area contributed by atoms with Crippen molar-refractivity contribution in [3.8, 4) is 0 Å². The predicted octanol–water partition coefficient (Wildman–Crippen LogP) is 4.20. The Morgan fingerprint density at radius 1 is 1.10 bits per heavy atom. The van der Waals surface area contributed by atoms with Gasteiger partial charge in [-0.05, 0) is 49.4 Å². The first-order valence-corrected chi connectivity index (χ1v) is 10.1. The number of benzene rings is 2. The van der Waals surface area contributed by atoms with E-state index in [4.69, 9.17) is 0 Å². The van der Waals surface area contributed by atoms with Crippen molar-refractivity contribution in [2.45, 2.75) is 44.8 Å². The van der Waals surface area contributed by atoms with Crippen molar-refractivity contribution in [3.05, 3.63) is 71.5 Å². The summed E-state index contributed by atoms with van der Waals surface area (Å²) in [6.07, 6.45) is 3.05. The van der Waals surface area contributed by atoms with Crippen molar-refractivity contribution in [1.82, 2.24) is 15.5 Å². The Morgan fingerprint density at radius 2 is 1.83 bits per heavy atom. The van der Waals surface area contributed by atoms with Gasteiger partial charge in [-0.25, -0.2) is 4.39 Å². The van der Waals surface area contributed by atoms with Gasteiger partial charge in [0.2, 0.25) is 0 Å². The summed E-state index contributed by atoms with van der Waals surface area (Å²) in [5.74, 6) is 0.651. The molecular weight excluding hydrogens is 478 g/mol. The van der Waals surface area contributed by atoms with E-state index in [1.807, 2.05) is 12.1 Å². The smallest absolute Gasteiger partial charge is 0.191 e. The molecule has 2 aromatic carbocycles. The summed E-state index contributed by atoms with van der Waals surface area (Å²) in [7, 11) is 1.81. The van der Waals surface area contributed by atoms with Gasteiger partial charge in [-0.2, -0.15) is 0 Å². The van der Waals surface area contributed by atoms with Crippen molar-refractivity contribution >= 4 is 29.9 Å². The van der Waals surface area contributed by atoms with Crippen LogP contribution in [0.5, 0.6) is 0 Å². The molecule has 6 heteroatoms. The van der Waals surface area contributed by atoms with Gasteiger partial charge in [0.15, 0.2) is 5.96 Å². The Balaban J connectivity index is 0.00000300. The maximum atomic E-state index is 13.0. The lowest BCUT2D eigenvalue weighted by atomic mass is 9.97. The molecule has 0 radical (unpaired) electrons. The van der Waals surface area contributed by atoms with Crippen LogP contribution >= 0.6 is 24.0 Å². The minimum absolute atomic E-state index is 0. The Morgan fingerprint density at radius 3 is 2.48 bits per heavy atom. The third-order valence-electron chi connectivity index (χ3n) is 5.43. The molecule has 1 saturated heterocycles. The molecule has 0 spiro atoms. The number of likely N-dealkylation sites (tertiary alicyclic amines) is 1. The van der Waals surface area contributed by atoms with Crippen molar-refractivity contribution in [2.75, 3.05) is 20.1 Å². The van der Waals surface area contributed by atoms with Crippen LogP contribution < -0.4 is 10.6 Å². The van der Waals surface area contributed by atoms with E-state index in [1.165, 1.54) is 17.7 Å². The predicted molar refractivity (Wildman–Crippen MR) is 129 cm³/mol. The summed E-state index contributed by atoms with van der Waals surface area (Å²) in [4.78, 5) is 6.91. The quantitative estimate of drug-likeness (QED) is 0.348. The van der Waals surface area contributed by atoms with E-state index in [0.717, 1.165) is 50.4 Å². The number of guanidine groups is 1. The highest BCUT2D eigenvalue weighted by Gasteiger charge is 2.25. The number of rotatable bonds is 6. The fraction of sp³-hybridized carbons (Fsp3) is 0.435. The molecule has 1 fully saturated rings. The summed E-state index contributed by atoms with van der Waals surface area (Å²) >= 11 is 0. The van der Waals surface area contributed by atoms with Gasteiger partial charge >= 0.3 is 0 Å². The standard InChI is InChI=1S/C23H31FN4.HI/c1-18-16-22(13-15-28(18)17-20-6-4-3-5-7-20)27-23(25-2)26-14-12-19-8-10-21(24)11-9-19;/h3-11,18,22H,12-17H2,1-2H3,(H2,25,26,27);1H. The first-order valence-electron chi connectivity index (χ1n) is 10.1. The Hall–Kier alpha value is -1.67. The van der Waals surface area contributed by atoms with Crippen LogP contribution in [0.4, 0.5) is 4.39 Å². The third-order valence-corrected chi connectivity index (χ3v) is 5.43. The average Bonchev–Trinajstić information content (AvgIpc) is 2.71. The Kier molecular flexibility index (Phi) is 9.87. The molecule has 1 aliphatic heterocycles. The molecule has 0 aromatic heterocycles. The van der Waals surface area contributed by atoms with E-state index in [-0.39, 0.29) is 29.8 Å². The number of piperidine rings is 1. The first-order chi connectivity index (χ1) is 13.6. The highest BCUT2D eigenvalue weighted by molar-refractivity contribution is 14.0. The van der Waals surface area contributed by atoms with Gasteiger partial charge in [0.1, 0.15) is 5.82 Å². The molecule has 2 aromatic rings. The highest BCUT2D eigenvalue weighted by atomic mass is 127. The Bertz CT molecular complexity index is 751. The number of nitrogens with zero attached hydrogens (tertiary/aromatic N) is 2. The second kappa shape index (κ2) is 12.1.